The molecule has 0 unspecified atom stereocenters. The van der Waals surface area contributed by atoms with E-state index in [1.807, 2.05) is 0 Å². The number of benzene rings is 2. The number of esters is 1. The summed E-state index contributed by atoms with van der Waals surface area (Å²) in [6, 6.07) is 10.3. The lowest BCUT2D eigenvalue weighted by molar-refractivity contribution is -0.124. The maximum Gasteiger partial charge on any atom is 0.338 e. The molecule has 0 aliphatic carbocycles. The van der Waals surface area contributed by atoms with E-state index in [-0.39, 0.29) is 22.7 Å². The number of carbonyl (C=O) groups excluding carboxylic acids is 4. The first-order chi connectivity index (χ1) is 13.3. The fourth-order valence-corrected chi connectivity index (χ4v) is 2.90. The summed E-state index contributed by atoms with van der Waals surface area (Å²) in [4.78, 5) is 50.1. The molecule has 1 aliphatic rings. The average Bonchev–Trinajstić information content (AvgIpc) is 2.90. The molecule has 8 heteroatoms. The summed E-state index contributed by atoms with van der Waals surface area (Å²) in [5, 5.41) is 3.08. The summed E-state index contributed by atoms with van der Waals surface area (Å²) in [6.45, 7) is 3.14. The third-order valence-corrected chi connectivity index (χ3v) is 4.24. The second kappa shape index (κ2) is 7.82. The molecule has 0 saturated carbocycles. The van der Waals surface area contributed by atoms with Crippen LogP contribution in [0, 0.1) is 0 Å². The van der Waals surface area contributed by atoms with Crippen LogP contribution in [-0.2, 0) is 9.53 Å². The minimum Gasteiger partial charge on any atom is -0.452 e. The highest BCUT2D eigenvalue weighted by Gasteiger charge is 2.37. The Bertz CT molecular complexity index is 969. The topological polar surface area (TPSA) is 92.8 Å². The van der Waals surface area contributed by atoms with E-state index in [0.717, 1.165) is 4.90 Å². The molecule has 0 atom stereocenters. The molecule has 7 nitrogen and oxygen atoms in total. The van der Waals surface area contributed by atoms with Crippen LogP contribution < -0.4 is 10.2 Å². The number of nitrogens with one attached hydrogen (secondary N) is 1. The van der Waals surface area contributed by atoms with Crippen LogP contribution in [0.15, 0.2) is 42.5 Å². The summed E-state index contributed by atoms with van der Waals surface area (Å²) >= 11 is 5.85. The molecule has 1 N–H and O–H groups in total. The Labute approximate surface area is 166 Å². The van der Waals surface area contributed by atoms with Gasteiger partial charge in [-0.25, -0.2) is 9.69 Å². The lowest BCUT2D eigenvalue weighted by Gasteiger charge is -2.13. The Morgan fingerprint density at radius 3 is 2.32 bits per heavy atom. The first-order valence-electron chi connectivity index (χ1n) is 8.53. The first-order valence-corrected chi connectivity index (χ1v) is 8.90. The highest BCUT2D eigenvalue weighted by Crippen LogP contribution is 2.30. The maximum absolute atomic E-state index is 12.7. The highest BCUT2D eigenvalue weighted by atomic mass is 35.5. The monoisotopic (exact) mass is 400 g/mol. The number of nitrogens with zero attached hydrogens (tertiary/aromatic N) is 1. The summed E-state index contributed by atoms with van der Waals surface area (Å²) in [6.07, 6.45) is 0. The molecule has 144 valence electrons. The minimum absolute atomic E-state index is 0.0753. The van der Waals surface area contributed by atoms with Gasteiger partial charge < -0.3 is 10.1 Å². The van der Waals surface area contributed by atoms with Gasteiger partial charge in [0.2, 0.25) is 0 Å². The largest absolute Gasteiger partial charge is 0.452 e. The van der Waals surface area contributed by atoms with Crippen molar-refractivity contribution in [2.24, 2.45) is 0 Å². The SMILES string of the molecule is CC(C)NC(=O)COC(=O)c1ccc2c(c1)C(=O)N(c1ccc(Cl)cc1)C2=O. The van der Waals surface area contributed by atoms with Crippen molar-refractivity contribution in [2.75, 3.05) is 11.5 Å². The molecule has 1 aliphatic heterocycles. The van der Waals surface area contributed by atoms with Crippen molar-refractivity contribution >= 4 is 41.0 Å². The van der Waals surface area contributed by atoms with Crippen LogP contribution >= 0.6 is 11.6 Å². The zero-order valence-corrected chi connectivity index (χ0v) is 15.9. The van der Waals surface area contributed by atoms with Gasteiger partial charge in [-0.1, -0.05) is 11.6 Å². The van der Waals surface area contributed by atoms with Gasteiger partial charge in [-0.2, -0.15) is 0 Å². The maximum atomic E-state index is 12.7. The number of imide groups is 1. The van der Waals surface area contributed by atoms with Crippen LogP contribution in [0.2, 0.25) is 5.02 Å². The van der Waals surface area contributed by atoms with Crippen molar-refractivity contribution in [3.05, 3.63) is 64.2 Å². The molecular weight excluding hydrogens is 384 g/mol. The molecule has 3 rings (SSSR count). The van der Waals surface area contributed by atoms with Gasteiger partial charge in [-0.15, -0.1) is 0 Å². The van der Waals surface area contributed by atoms with E-state index in [1.165, 1.54) is 18.2 Å². The molecule has 0 spiro atoms. The predicted octanol–water partition coefficient (Wildman–Crippen LogP) is 2.82. The molecule has 0 bridgehead atoms. The number of fused-ring (bicyclic) bond motifs is 1. The molecule has 0 fully saturated rings. The number of hydrogen-bond donors (Lipinski definition) is 1. The fraction of sp³-hybridized carbons (Fsp3) is 0.200. The molecule has 28 heavy (non-hydrogen) atoms. The molecule has 2 aromatic rings. The van der Waals surface area contributed by atoms with E-state index in [0.29, 0.717) is 10.7 Å². The van der Waals surface area contributed by atoms with Crippen molar-refractivity contribution in [1.29, 1.82) is 0 Å². The van der Waals surface area contributed by atoms with Gasteiger partial charge in [-0.3, -0.25) is 14.4 Å². The van der Waals surface area contributed by atoms with Gasteiger partial charge in [0.15, 0.2) is 6.61 Å². The number of rotatable bonds is 5. The number of amides is 3. The number of halogens is 1. The number of ether oxygens (including phenoxy) is 1. The van der Waals surface area contributed by atoms with Crippen LogP contribution in [0.25, 0.3) is 0 Å². The smallest absolute Gasteiger partial charge is 0.338 e. The van der Waals surface area contributed by atoms with Gasteiger partial charge in [-0.05, 0) is 56.3 Å². The Hall–Kier alpha value is -3.19. The van der Waals surface area contributed by atoms with Gasteiger partial charge in [0.25, 0.3) is 17.7 Å². The van der Waals surface area contributed by atoms with Gasteiger partial charge in [0, 0.05) is 11.1 Å². The van der Waals surface area contributed by atoms with Crippen LogP contribution in [0.3, 0.4) is 0 Å². The zero-order chi connectivity index (χ0) is 20.4. The third-order valence-electron chi connectivity index (χ3n) is 3.99. The molecule has 0 aromatic heterocycles. The molecule has 0 saturated heterocycles. The number of anilines is 1. The van der Waals surface area contributed by atoms with Crippen LogP contribution in [0.4, 0.5) is 5.69 Å². The van der Waals surface area contributed by atoms with E-state index in [1.54, 1.807) is 38.1 Å². The van der Waals surface area contributed by atoms with Crippen molar-refractivity contribution < 1.29 is 23.9 Å². The van der Waals surface area contributed by atoms with Crippen molar-refractivity contribution in [2.45, 2.75) is 19.9 Å². The quantitative estimate of drug-likeness (QED) is 0.615. The van der Waals surface area contributed by atoms with Gasteiger partial charge in [0.1, 0.15) is 0 Å². The Balaban J connectivity index is 1.78. The Morgan fingerprint density at radius 2 is 1.68 bits per heavy atom. The van der Waals surface area contributed by atoms with Crippen LogP contribution in [0.5, 0.6) is 0 Å². The van der Waals surface area contributed by atoms with Crippen molar-refractivity contribution in [3.8, 4) is 0 Å². The second-order valence-electron chi connectivity index (χ2n) is 6.48. The first kappa shape index (κ1) is 19.6. The molecule has 2 aromatic carbocycles. The van der Waals surface area contributed by atoms with E-state index in [9.17, 15) is 19.2 Å². The zero-order valence-electron chi connectivity index (χ0n) is 15.2. The second-order valence-corrected chi connectivity index (χ2v) is 6.92. The lowest BCUT2D eigenvalue weighted by Crippen LogP contribution is -2.34. The highest BCUT2D eigenvalue weighted by molar-refractivity contribution is 6.35. The summed E-state index contributed by atoms with van der Waals surface area (Å²) < 4.78 is 4.96. The average molecular weight is 401 g/mol. The van der Waals surface area contributed by atoms with E-state index in [4.69, 9.17) is 16.3 Å². The normalized spacial score (nSPS) is 12.9. The van der Waals surface area contributed by atoms with E-state index < -0.39 is 30.3 Å². The minimum atomic E-state index is -0.758. The number of carbonyl (C=O) groups is 4. The molecule has 1 heterocycles. The van der Waals surface area contributed by atoms with E-state index in [2.05, 4.69) is 5.32 Å². The van der Waals surface area contributed by atoms with Crippen LogP contribution in [-0.4, -0.2) is 36.3 Å². The standard InChI is InChI=1S/C20H17ClN2O5/c1-11(2)22-17(24)10-28-20(27)12-3-8-15-16(9-12)19(26)23(18(15)25)14-6-4-13(21)5-7-14/h3-9,11H,10H2,1-2H3,(H,22,24). The summed E-state index contributed by atoms with van der Waals surface area (Å²) in [7, 11) is 0. The van der Waals surface area contributed by atoms with Gasteiger partial charge >= 0.3 is 5.97 Å². The van der Waals surface area contributed by atoms with Crippen molar-refractivity contribution in [3.63, 3.8) is 0 Å². The van der Waals surface area contributed by atoms with Gasteiger partial charge in [0.05, 0.1) is 22.4 Å². The Morgan fingerprint density at radius 1 is 1.04 bits per heavy atom. The molecular formula is C20H17ClN2O5. The molecule has 0 radical (unpaired) electrons. The van der Waals surface area contributed by atoms with Crippen molar-refractivity contribution in [1.82, 2.24) is 5.32 Å². The summed E-state index contributed by atoms with van der Waals surface area (Å²) in [5.41, 5.74) is 0.746. The Kier molecular flexibility index (Phi) is 5.46. The predicted molar refractivity (Wildman–Crippen MR) is 103 cm³/mol. The summed E-state index contributed by atoms with van der Waals surface area (Å²) in [5.74, 6) is -2.22. The van der Waals surface area contributed by atoms with E-state index >= 15 is 0 Å². The van der Waals surface area contributed by atoms with Crippen LogP contribution in [0.1, 0.15) is 44.9 Å². The number of hydrogen-bond acceptors (Lipinski definition) is 5. The third kappa shape index (κ3) is 3.89. The fourth-order valence-electron chi connectivity index (χ4n) is 2.77. The molecule has 3 amide bonds. The lowest BCUT2D eigenvalue weighted by atomic mass is 10.1.